The second-order valence-corrected chi connectivity index (χ2v) is 6.46. The third kappa shape index (κ3) is 4.84. The fourth-order valence-electron chi connectivity index (χ4n) is 2.70. The zero-order valence-corrected chi connectivity index (χ0v) is 15.6. The second-order valence-electron chi connectivity index (χ2n) is 6.02. The van der Waals surface area contributed by atoms with Crippen molar-refractivity contribution in [3.8, 4) is 11.6 Å². The van der Waals surface area contributed by atoms with E-state index in [2.05, 4.69) is 10.3 Å². The summed E-state index contributed by atoms with van der Waals surface area (Å²) in [5, 5.41) is 22.8. The molecule has 0 aliphatic heterocycles. The van der Waals surface area contributed by atoms with Gasteiger partial charge < -0.3 is 20.3 Å². The lowest BCUT2D eigenvalue weighted by atomic mass is 10.1. The summed E-state index contributed by atoms with van der Waals surface area (Å²) in [5.74, 6) is 1.16. The summed E-state index contributed by atoms with van der Waals surface area (Å²) in [6, 6.07) is 5.46. The first kappa shape index (κ1) is 19.5. The van der Waals surface area contributed by atoms with Crippen molar-refractivity contribution in [3.63, 3.8) is 0 Å². The van der Waals surface area contributed by atoms with Crippen molar-refractivity contribution in [1.82, 2.24) is 4.98 Å². The molecule has 3 N–H and O–H groups in total. The zero-order chi connectivity index (χ0) is 18.4. The van der Waals surface area contributed by atoms with E-state index < -0.39 is 0 Å². The van der Waals surface area contributed by atoms with Crippen molar-refractivity contribution < 1.29 is 14.9 Å². The summed E-state index contributed by atoms with van der Waals surface area (Å²) < 4.78 is 6.08. The molecule has 136 valence electrons. The molecule has 6 heteroatoms. The van der Waals surface area contributed by atoms with Crippen LogP contribution in [0.2, 0.25) is 5.02 Å². The smallest absolute Gasteiger partial charge is 0.224 e. The summed E-state index contributed by atoms with van der Waals surface area (Å²) in [7, 11) is 0. The molecule has 0 aliphatic rings. The summed E-state index contributed by atoms with van der Waals surface area (Å²) in [6.45, 7) is 5.87. The van der Waals surface area contributed by atoms with Crippen LogP contribution in [0.1, 0.15) is 30.0 Å². The van der Waals surface area contributed by atoms with Gasteiger partial charge >= 0.3 is 0 Å². The van der Waals surface area contributed by atoms with E-state index in [9.17, 15) is 10.2 Å². The van der Waals surface area contributed by atoms with Crippen molar-refractivity contribution >= 4 is 17.3 Å². The first-order valence-corrected chi connectivity index (χ1v) is 8.78. The molecule has 1 aromatic carbocycles. The highest BCUT2D eigenvalue weighted by Gasteiger charge is 2.16. The van der Waals surface area contributed by atoms with Crippen LogP contribution < -0.4 is 10.1 Å². The van der Waals surface area contributed by atoms with Gasteiger partial charge in [0.05, 0.1) is 6.61 Å². The molecule has 0 aliphatic carbocycles. The highest BCUT2D eigenvalue weighted by atomic mass is 35.5. The van der Waals surface area contributed by atoms with Gasteiger partial charge in [-0.25, -0.2) is 4.98 Å². The minimum atomic E-state index is -0.0632. The molecule has 1 aromatic heterocycles. The van der Waals surface area contributed by atoms with E-state index in [1.165, 1.54) is 0 Å². The first-order chi connectivity index (χ1) is 12.0. The molecule has 0 spiro atoms. The second kappa shape index (κ2) is 9.04. The first-order valence-electron chi connectivity index (χ1n) is 8.40. The minimum absolute atomic E-state index is 0.0226. The number of pyridine rings is 1. The van der Waals surface area contributed by atoms with Gasteiger partial charge in [-0.15, -0.1) is 0 Å². The molecule has 2 rings (SSSR count). The molecule has 1 atom stereocenters. The van der Waals surface area contributed by atoms with E-state index in [0.717, 1.165) is 28.8 Å². The average molecular weight is 365 g/mol. The number of halogens is 1. The van der Waals surface area contributed by atoms with Gasteiger partial charge in [-0.2, -0.15) is 0 Å². The standard InChI is InChI=1S/C19H25ClN2O3/c1-4-15(11-24)22-17-5-7-21-19(16(17)6-8-23)25-18-12(2)9-14(20)10-13(18)3/h5,7,9-10,15,23-24H,4,6,8,11H2,1-3H3,(H,21,22). The molecule has 5 nitrogen and oxygen atoms in total. The third-order valence-corrected chi connectivity index (χ3v) is 4.29. The summed E-state index contributed by atoms with van der Waals surface area (Å²) in [5.41, 5.74) is 3.43. The van der Waals surface area contributed by atoms with Crippen LogP contribution in [0.5, 0.6) is 11.6 Å². The van der Waals surface area contributed by atoms with Crippen LogP contribution in [0.3, 0.4) is 0 Å². The van der Waals surface area contributed by atoms with Crippen molar-refractivity contribution in [3.05, 3.63) is 46.1 Å². The monoisotopic (exact) mass is 364 g/mol. The Bertz CT molecular complexity index is 695. The number of anilines is 1. The topological polar surface area (TPSA) is 74.6 Å². The number of ether oxygens (including phenoxy) is 1. The van der Waals surface area contributed by atoms with Gasteiger partial charge in [0.2, 0.25) is 5.88 Å². The number of hydrogen-bond acceptors (Lipinski definition) is 5. The van der Waals surface area contributed by atoms with Gasteiger partial charge in [0.25, 0.3) is 0 Å². The molecule has 2 aromatic rings. The number of aromatic nitrogens is 1. The van der Waals surface area contributed by atoms with Crippen molar-refractivity contribution in [2.45, 2.75) is 39.7 Å². The number of nitrogens with one attached hydrogen (secondary N) is 1. The van der Waals surface area contributed by atoms with E-state index in [1.807, 2.05) is 39.0 Å². The summed E-state index contributed by atoms with van der Waals surface area (Å²) in [4.78, 5) is 4.35. The van der Waals surface area contributed by atoms with E-state index in [4.69, 9.17) is 16.3 Å². The maximum Gasteiger partial charge on any atom is 0.224 e. The van der Waals surface area contributed by atoms with Crippen LogP contribution in [-0.4, -0.2) is 34.5 Å². The number of aliphatic hydroxyl groups excluding tert-OH is 2. The van der Waals surface area contributed by atoms with Crippen molar-refractivity contribution in [2.24, 2.45) is 0 Å². The molecule has 0 radical (unpaired) electrons. The zero-order valence-electron chi connectivity index (χ0n) is 14.8. The van der Waals surface area contributed by atoms with Crippen LogP contribution in [0.25, 0.3) is 0 Å². The summed E-state index contributed by atoms with van der Waals surface area (Å²) >= 11 is 6.08. The lowest BCUT2D eigenvalue weighted by Crippen LogP contribution is -2.23. The quantitative estimate of drug-likeness (QED) is 0.663. The van der Waals surface area contributed by atoms with Crippen LogP contribution in [-0.2, 0) is 6.42 Å². The lowest BCUT2D eigenvalue weighted by molar-refractivity contribution is 0.271. The fraction of sp³-hybridized carbons (Fsp3) is 0.421. The molecule has 0 fully saturated rings. The van der Waals surface area contributed by atoms with Crippen LogP contribution in [0.15, 0.2) is 24.4 Å². The SMILES string of the molecule is CCC(CO)Nc1ccnc(Oc2c(C)cc(Cl)cc2C)c1CCO. The molecule has 0 saturated carbocycles. The Balaban J connectivity index is 2.41. The molecular formula is C19H25ClN2O3. The molecule has 1 unspecified atom stereocenters. The highest BCUT2D eigenvalue weighted by molar-refractivity contribution is 6.30. The Labute approximate surface area is 153 Å². The van der Waals surface area contributed by atoms with Crippen molar-refractivity contribution in [1.29, 1.82) is 0 Å². The van der Waals surface area contributed by atoms with Crippen molar-refractivity contribution in [2.75, 3.05) is 18.5 Å². The molecule has 0 amide bonds. The largest absolute Gasteiger partial charge is 0.438 e. The number of aryl methyl sites for hydroxylation is 2. The number of benzene rings is 1. The van der Waals surface area contributed by atoms with E-state index in [-0.39, 0.29) is 19.3 Å². The van der Waals surface area contributed by atoms with Gasteiger partial charge in [-0.3, -0.25) is 0 Å². The lowest BCUT2D eigenvalue weighted by Gasteiger charge is -2.20. The van der Waals surface area contributed by atoms with Crippen LogP contribution >= 0.6 is 11.6 Å². The Kier molecular flexibility index (Phi) is 7.05. The Morgan fingerprint density at radius 1 is 1.24 bits per heavy atom. The van der Waals surface area contributed by atoms with Gasteiger partial charge in [0.15, 0.2) is 0 Å². The Morgan fingerprint density at radius 3 is 2.48 bits per heavy atom. The number of rotatable bonds is 8. The predicted molar refractivity (Wildman–Crippen MR) is 101 cm³/mol. The third-order valence-electron chi connectivity index (χ3n) is 4.07. The molecule has 1 heterocycles. The average Bonchev–Trinajstić information content (AvgIpc) is 2.58. The molecule has 0 saturated heterocycles. The van der Waals surface area contributed by atoms with Gasteiger partial charge in [0.1, 0.15) is 5.75 Å². The molecule has 25 heavy (non-hydrogen) atoms. The number of hydrogen-bond donors (Lipinski definition) is 3. The normalized spacial score (nSPS) is 12.1. The van der Waals surface area contributed by atoms with Gasteiger partial charge in [0, 0.05) is 41.5 Å². The Hall–Kier alpha value is -1.82. The van der Waals surface area contributed by atoms with Crippen LogP contribution in [0.4, 0.5) is 5.69 Å². The number of aliphatic hydroxyl groups is 2. The Morgan fingerprint density at radius 2 is 1.92 bits per heavy atom. The van der Waals surface area contributed by atoms with Crippen LogP contribution in [0, 0.1) is 13.8 Å². The predicted octanol–water partition coefficient (Wildman–Crippen LogP) is 3.86. The van der Waals surface area contributed by atoms with E-state index in [1.54, 1.807) is 6.20 Å². The van der Waals surface area contributed by atoms with Gasteiger partial charge in [-0.1, -0.05) is 18.5 Å². The number of nitrogens with zero attached hydrogens (tertiary/aromatic N) is 1. The summed E-state index contributed by atoms with van der Waals surface area (Å²) in [6.07, 6.45) is 2.84. The van der Waals surface area contributed by atoms with E-state index >= 15 is 0 Å². The van der Waals surface area contributed by atoms with Gasteiger partial charge in [-0.05, 0) is 49.6 Å². The maximum atomic E-state index is 9.45. The fourth-order valence-corrected chi connectivity index (χ4v) is 3.03. The molecule has 0 bridgehead atoms. The molecular weight excluding hydrogens is 340 g/mol. The maximum absolute atomic E-state index is 9.45. The minimum Gasteiger partial charge on any atom is -0.438 e. The van der Waals surface area contributed by atoms with E-state index in [0.29, 0.717) is 23.1 Å². The highest BCUT2D eigenvalue weighted by Crippen LogP contribution is 2.34.